The minimum Gasteiger partial charge on any atom is -0.321 e. The summed E-state index contributed by atoms with van der Waals surface area (Å²) in [6.45, 7) is 6.91. The van der Waals surface area contributed by atoms with Gasteiger partial charge in [0, 0.05) is 10.0 Å². The van der Waals surface area contributed by atoms with E-state index >= 15 is 0 Å². The zero-order valence-electron chi connectivity index (χ0n) is 10.3. The van der Waals surface area contributed by atoms with Crippen LogP contribution in [0.4, 0.5) is 0 Å². The van der Waals surface area contributed by atoms with E-state index in [0.29, 0.717) is 5.41 Å². The highest BCUT2D eigenvalue weighted by molar-refractivity contribution is 9.10. The van der Waals surface area contributed by atoms with Crippen LogP contribution in [-0.2, 0) is 5.54 Å². The fourth-order valence-electron chi connectivity index (χ4n) is 2.45. The minimum absolute atomic E-state index is 0.0847. The molecule has 1 aliphatic rings. The van der Waals surface area contributed by atoms with Crippen LogP contribution in [0.3, 0.4) is 0 Å². The quantitative estimate of drug-likeness (QED) is 0.826. The molecule has 1 aliphatic carbocycles. The summed E-state index contributed by atoms with van der Waals surface area (Å²) in [7, 11) is 0. The number of hydrogen-bond acceptors (Lipinski definition) is 1. The standard InChI is InChI=1S/C14H20BrN/c1-13(2,3)11-8-14(16,9-11)10-4-6-12(15)7-5-10/h4-7,11H,8-9,16H2,1-3H3. The SMILES string of the molecule is CC(C)(C)C1CC(N)(c2ccc(Br)cc2)C1. The van der Waals surface area contributed by atoms with Crippen LogP contribution < -0.4 is 5.73 Å². The first-order valence-electron chi connectivity index (χ1n) is 5.86. The van der Waals surface area contributed by atoms with Crippen LogP contribution in [0.1, 0.15) is 39.2 Å². The highest BCUT2D eigenvalue weighted by Crippen LogP contribution is 2.51. The van der Waals surface area contributed by atoms with Crippen LogP contribution in [0, 0.1) is 11.3 Å². The van der Waals surface area contributed by atoms with E-state index in [0.717, 1.165) is 23.2 Å². The van der Waals surface area contributed by atoms with E-state index in [-0.39, 0.29) is 5.54 Å². The summed E-state index contributed by atoms with van der Waals surface area (Å²) in [5.41, 5.74) is 8.02. The van der Waals surface area contributed by atoms with Gasteiger partial charge < -0.3 is 5.73 Å². The second-order valence-electron chi connectivity index (χ2n) is 6.13. The molecule has 2 N–H and O–H groups in total. The van der Waals surface area contributed by atoms with Gasteiger partial charge in [0.15, 0.2) is 0 Å². The summed E-state index contributed by atoms with van der Waals surface area (Å²) in [6.07, 6.45) is 2.22. The van der Waals surface area contributed by atoms with E-state index in [4.69, 9.17) is 5.73 Å². The van der Waals surface area contributed by atoms with Crippen molar-refractivity contribution < 1.29 is 0 Å². The Morgan fingerprint density at radius 3 is 2.12 bits per heavy atom. The zero-order valence-corrected chi connectivity index (χ0v) is 11.8. The first kappa shape index (κ1) is 12.1. The zero-order chi connectivity index (χ0) is 12.0. The predicted octanol–water partition coefficient (Wildman–Crippen LogP) is 4.06. The second-order valence-corrected chi connectivity index (χ2v) is 7.05. The lowest BCUT2D eigenvalue weighted by molar-refractivity contribution is 0.0490. The van der Waals surface area contributed by atoms with Crippen LogP contribution >= 0.6 is 15.9 Å². The van der Waals surface area contributed by atoms with E-state index in [1.54, 1.807) is 0 Å². The van der Waals surface area contributed by atoms with E-state index < -0.39 is 0 Å². The molecule has 0 bridgehead atoms. The molecule has 0 aliphatic heterocycles. The molecule has 0 unspecified atom stereocenters. The Morgan fingerprint density at radius 1 is 1.19 bits per heavy atom. The van der Waals surface area contributed by atoms with Crippen molar-refractivity contribution in [1.29, 1.82) is 0 Å². The largest absolute Gasteiger partial charge is 0.321 e. The second kappa shape index (κ2) is 3.85. The molecule has 0 radical (unpaired) electrons. The maximum atomic E-state index is 6.45. The molecular weight excluding hydrogens is 262 g/mol. The molecule has 88 valence electrons. The van der Waals surface area contributed by atoms with Gasteiger partial charge in [-0.05, 0) is 41.9 Å². The third-order valence-electron chi connectivity index (χ3n) is 3.87. The summed E-state index contributed by atoms with van der Waals surface area (Å²) in [6, 6.07) is 8.44. The molecule has 0 aromatic heterocycles. The van der Waals surface area contributed by atoms with Gasteiger partial charge in [0.1, 0.15) is 0 Å². The van der Waals surface area contributed by atoms with Crippen LogP contribution in [0.15, 0.2) is 28.7 Å². The van der Waals surface area contributed by atoms with Gasteiger partial charge >= 0.3 is 0 Å². The Kier molecular flexibility index (Phi) is 2.92. The summed E-state index contributed by atoms with van der Waals surface area (Å²) in [5.74, 6) is 0.751. The van der Waals surface area contributed by atoms with Crippen molar-refractivity contribution in [2.24, 2.45) is 17.1 Å². The van der Waals surface area contributed by atoms with Crippen molar-refractivity contribution >= 4 is 15.9 Å². The molecule has 2 heteroatoms. The molecule has 1 nitrogen and oxygen atoms in total. The average Bonchev–Trinajstić information content (AvgIpc) is 2.12. The first-order chi connectivity index (χ1) is 7.31. The number of rotatable bonds is 1. The minimum atomic E-state index is -0.0847. The lowest BCUT2D eigenvalue weighted by Gasteiger charge is -2.51. The summed E-state index contributed by atoms with van der Waals surface area (Å²) < 4.78 is 1.12. The molecule has 2 rings (SSSR count). The van der Waals surface area contributed by atoms with E-state index in [1.165, 1.54) is 5.56 Å². The van der Waals surface area contributed by atoms with Crippen molar-refractivity contribution in [3.8, 4) is 0 Å². The van der Waals surface area contributed by atoms with Crippen molar-refractivity contribution in [3.05, 3.63) is 34.3 Å². The number of benzene rings is 1. The smallest absolute Gasteiger partial charge is 0.0415 e. The maximum absolute atomic E-state index is 6.45. The first-order valence-corrected chi connectivity index (χ1v) is 6.65. The Bertz CT molecular complexity index is 369. The van der Waals surface area contributed by atoms with Gasteiger partial charge in [0.2, 0.25) is 0 Å². The summed E-state index contributed by atoms with van der Waals surface area (Å²) in [4.78, 5) is 0. The molecule has 0 atom stereocenters. The van der Waals surface area contributed by atoms with Crippen molar-refractivity contribution in [3.63, 3.8) is 0 Å². The Hall–Kier alpha value is -0.340. The molecular formula is C14H20BrN. The highest BCUT2D eigenvalue weighted by atomic mass is 79.9. The lowest BCUT2D eigenvalue weighted by Crippen LogP contribution is -2.52. The molecule has 1 saturated carbocycles. The topological polar surface area (TPSA) is 26.0 Å². The van der Waals surface area contributed by atoms with Gasteiger partial charge in [0.25, 0.3) is 0 Å². The normalized spacial score (nSPS) is 29.9. The number of halogens is 1. The lowest BCUT2D eigenvalue weighted by atomic mass is 9.57. The van der Waals surface area contributed by atoms with Gasteiger partial charge in [-0.15, -0.1) is 0 Å². The van der Waals surface area contributed by atoms with Gasteiger partial charge in [-0.3, -0.25) is 0 Å². The monoisotopic (exact) mass is 281 g/mol. The number of nitrogens with two attached hydrogens (primary N) is 1. The highest BCUT2D eigenvalue weighted by Gasteiger charge is 2.46. The molecule has 0 amide bonds. The Labute approximate surface area is 107 Å². The maximum Gasteiger partial charge on any atom is 0.0415 e. The third kappa shape index (κ3) is 2.18. The van der Waals surface area contributed by atoms with Gasteiger partial charge in [-0.25, -0.2) is 0 Å². The van der Waals surface area contributed by atoms with E-state index in [2.05, 4.69) is 61.0 Å². The molecule has 0 spiro atoms. The third-order valence-corrected chi connectivity index (χ3v) is 4.39. The van der Waals surface area contributed by atoms with Crippen molar-refractivity contribution in [1.82, 2.24) is 0 Å². The van der Waals surface area contributed by atoms with Crippen LogP contribution in [-0.4, -0.2) is 0 Å². The Balaban J connectivity index is 2.10. The molecule has 0 heterocycles. The van der Waals surface area contributed by atoms with Crippen molar-refractivity contribution in [2.75, 3.05) is 0 Å². The number of hydrogen-bond donors (Lipinski definition) is 1. The van der Waals surface area contributed by atoms with E-state index in [1.807, 2.05) is 0 Å². The summed E-state index contributed by atoms with van der Waals surface area (Å²) >= 11 is 3.45. The fourth-order valence-corrected chi connectivity index (χ4v) is 2.71. The molecule has 1 aromatic rings. The Morgan fingerprint density at radius 2 is 1.69 bits per heavy atom. The predicted molar refractivity (Wildman–Crippen MR) is 72.2 cm³/mol. The molecule has 1 fully saturated rings. The van der Waals surface area contributed by atoms with Crippen LogP contribution in [0.2, 0.25) is 0 Å². The average molecular weight is 282 g/mol. The fraction of sp³-hybridized carbons (Fsp3) is 0.571. The molecule has 16 heavy (non-hydrogen) atoms. The van der Waals surface area contributed by atoms with E-state index in [9.17, 15) is 0 Å². The van der Waals surface area contributed by atoms with Gasteiger partial charge in [0.05, 0.1) is 0 Å². The molecule has 1 aromatic carbocycles. The van der Waals surface area contributed by atoms with Crippen LogP contribution in [0.5, 0.6) is 0 Å². The summed E-state index contributed by atoms with van der Waals surface area (Å²) in [5, 5.41) is 0. The van der Waals surface area contributed by atoms with Gasteiger partial charge in [-0.2, -0.15) is 0 Å². The van der Waals surface area contributed by atoms with Crippen molar-refractivity contribution in [2.45, 2.75) is 39.2 Å². The van der Waals surface area contributed by atoms with Crippen LogP contribution in [0.25, 0.3) is 0 Å². The van der Waals surface area contributed by atoms with Gasteiger partial charge in [-0.1, -0.05) is 48.8 Å². The molecule has 0 saturated heterocycles.